The number of hydrogen-bond donors (Lipinski definition) is 1. The summed E-state index contributed by atoms with van der Waals surface area (Å²) < 4.78 is 18.5. The van der Waals surface area contributed by atoms with E-state index in [1.807, 2.05) is 0 Å². The molecule has 0 radical (unpaired) electrons. The number of ether oxygens (including phenoxy) is 1. The molecule has 0 bridgehead atoms. The first-order valence-corrected chi connectivity index (χ1v) is 6.11. The third kappa shape index (κ3) is 2.75. The highest BCUT2D eigenvalue weighted by Gasteiger charge is 2.32. The Morgan fingerprint density at radius 1 is 1.50 bits per heavy atom. The molecule has 0 fully saturated rings. The van der Waals surface area contributed by atoms with Gasteiger partial charge in [-0.2, -0.15) is 0 Å². The Bertz CT molecular complexity index is 496. The van der Waals surface area contributed by atoms with Gasteiger partial charge in [0.15, 0.2) is 0 Å². The SMILES string of the molecule is CC(C)(C)OC(=O)C1Cc2c(Cl)cc(F)cc2N1. The minimum absolute atomic E-state index is 0.337. The quantitative estimate of drug-likeness (QED) is 0.798. The van der Waals surface area contributed by atoms with Crippen molar-refractivity contribution in [1.29, 1.82) is 0 Å². The molecule has 0 saturated carbocycles. The number of nitrogens with one attached hydrogen (secondary N) is 1. The molecular formula is C13H15ClFNO2. The maximum Gasteiger partial charge on any atom is 0.329 e. The number of carbonyl (C=O) groups excluding carboxylic acids is 1. The lowest BCUT2D eigenvalue weighted by molar-refractivity contribution is -0.155. The second-order valence-corrected chi connectivity index (χ2v) is 5.76. The Morgan fingerprint density at radius 3 is 2.78 bits per heavy atom. The maximum atomic E-state index is 13.2. The zero-order valence-electron chi connectivity index (χ0n) is 10.5. The molecule has 18 heavy (non-hydrogen) atoms. The van der Waals surface area contributed by atoms with Crippen molar-refractivity contribution in [3.63, 3.8) is 0 Å². The summed E-state index contributed by atoms with van der Waals surface area (Å²) in [5.41, 5.74) is 0.785. The van der Waals surface area contributed by atoms with E-state index in [0.29, 0.717) is 17.1 Å². The first kappa shape index (κ1) is 13.1. The number of esters is 1. The van der Waals surface area contributed by atoms with Gasteiger partial charge in [0.25, 0.3) is 0 Å². The van der Waals surface area contributed by atoms with E-state index in [0.717, 1.165) is 5.56 Å². The summed E-state index contributed by atoms with van der Waals surface area (Å²) in [5, 5.41) is 3.28. The minimum Gasteiger partial charge on any atom is -0.458 e. The molecule has 1 aliphatic heterocycles. The van der Waals surface area contributed by atoms with E-state index >= 15 is 0 Å². The molecule has 1 aliphatic rings. The topological polar surface area (TPSA) is 38.3 Å². The number of fused-ring (bicyclic) bond motifs is 1. The van der Waals surface area contributed by atoms with Crippen LogP contribution in [0, 0.1) is 5.82 Å². The average Bonchev–Trinajstić information content (AvgIpc) is 2.58. The highest BCUT2D eigenvalue weighted by atomic mass is 35.5. The number of carbonyl (C=O) groups is 1. The molecule has 1 aromatic carbocycles. The summed E-state index contributed by atoms with van der Waals surface area (Å²) in [4.78, 5) is 11.9. The van der Waals surface area contributed by atoms with Crippen LogP contribution in [0.5, 0.6) is 0 Å². The van der Waals surface area contributed by atoms with Crippen molar-refractivity contribution in [1.82, 2.24) is 0 Å². The summed E-state index contributed by atoms with van der Waals surface area (Å²) in [6.45, 7) is 5.42. The summed E-state index contributed by atoms with van der Waals surface area (Å²) >= 11 is 5.95. The van der Waals surface area contributed by atoms with Gasteiger partial charge in [-0.25, -0.2) is 9.18 Å². The third-order valence-corrected chi connectivity index (χ3v) is 2.93. The largest absolute Gasteiger partial charge is 0.458 e. The number of halogens is 2. The number of anilines is 1. The first-order valence-electron chi connectivity index (χ1n) is 5.73. The van der Waals surface area contributed by atoms with E-state index in [4.69, 9.17) is 16.3 Å². The van der Waals surface area contributed by atoms with Crippen molar-refractivity contribution >= 4 is 23.3 Å². The Labute approximate surface area is 110 Å². The van der Waals surface area contributed by atoms with Gasteiger partial charge in [-0.1, -0.05) is 11.6 Å². The smallest absolute Gasteiger partial charge is 0.329 e. The van der Waals surface area contributed by atoms with Crippen molar-refractivity contribution in [2.75, 3.05) is 5.32 Å². The normalized spacial score (nSPS) is 18.2. The predicted octanol–water partition coefficient (Wildman–Crippen LogP) is 3.16. The molecule has 0 spiro atoms. The van der Waals surface area contributed by atoms with Gasteiger partial charge < -0.3 is 10.1 Å². The van der Waals surface area contributed by atoms with Crippen LogP contribution >= 0.6 is 11.6 Å². The van der Waals surface area contributed by atoms with Crippen molar-refractivity contribution in [3.05, 3.63) is 28.5 Å². The molecule has 2 rings (SSSR count). The fourth-order valence-corrected chi connectivity index (χ4v) is 2.18. The van der Waals surface area contributed by atoms with Gasteiger partial charge in [-0.15, -0.1) is 0 Å². The number of benzene rings is 1. The Balaban J connectivity index is 2.15. The Kier molecular flexibility index (Phi) is 3.23. The van der Waals surface area contributed by atoms with Crippen LogP contribution in [0.2, 0.25) is 5.02 Å². The van der Waals surface area contributed by atoms with Crippen LogP contribution in [-0.2, 0) is 16.0 Å². The fourth-order valence-electron chi connectivity index (χ4n) is 1.90. The first-order chi connectivity index (χ1) is 8.26. The monoisotopic (exact) mass is 271 g/mol. The van der Waals surface area contributed by atoms with Crippen LogP contribution in [0.1, 0.15) is 26.3 Å². The lowest BCUT2D eigenvalue weighted by Gasteiger charge is -2.22. The van der Waals surface area contributed by atoms with Crippen LogP contribution in [0.25, 0.3) is 0 Å². The van der Waals surface area contributed by atoms with Crippen LogP contribution in [0.4, 0.5) is 10.1 Å². The van der Waals surface area contributed by atoms with Gasteiger partial charge in [0.1, 0.15) is 17.5 Å². The molecule has 1 heterocycles. The molecule has 1 N–H and O–H groups in total. The highest BCUT2D eigenvalue weighted by molar-refractivity contribution is 6.32. The molecule has 3 nitrogen and oxygen atoms in total. The predicted molar refractivity (Wildman–Crippen MR) is 68.4 cm³/mol. The molecule has 0 aromatic heterocycles. The van der Waals surface area contributed by atoms with Crippen molar-refractivity contribution in [3.8, 4) is 0 Å². The lowest BCUT2D eigenvalue weighted by atomic mass is 10.1. The van der Waals surface area contributed by atoms with Crippen LogP contribution in [0.15, 0.2) is 12.1 Å². The molecule has 98 valence electrons. The zero-order chi connectivity index (χ0) is 13.5. The van der Waals surface area contributed by atoms with Crippen molar-refractivity contribution < 1.29 is 13.9 Å². The summed E-state index contributed by atoms with van der Waals surface area (Å²) in [5.74, 6) is -0.772. The average molecular weight is 272 g/mol. The Hall–Kier alpha value is -1.29. The molecule has 1 aromatic rings. The molecule has 1 atom stereocenters. The van der Waals surface area contributed by atoms with Gasteiger partial charge in [-0.3, -0.25) is 0 Å². The van der Waals surface area contributed by atoms with Gasteiger partial charge >= 0.3 is 5.97 Å². The van der Waals surface area contributed by atoms with E-state index < -0.39 is 17.5 Å². The molecule has 0 saturated heterocycles. The fraction of sp³-hybridized carbons (Fsp3) is 0.462. The molecule has 5 heteroatoms. The lowest BCUT2D eigenvalue weighted by Crippen LogP contribution is -2.35. The van der Waals surface area contributed by atoms with E-state index in [1.165, 1.54) is 12.1 Å². The van der Waals surface area contributed by atoms with E-state index in [2.05, 4.69) is 5.32 Å². The van der Waals surface area contributed by atoms with Crippen molar-refractivity contribution in [2.24, 2.45) is 0 Å². The van der Waals surface area contributed by atoms with Gasteiger partial charge in [0, 0.05) is 17.1 Å². The van der Waals surface area contributed by atoms with E-state index in [9.17, 15) is 9.18 Å². The standard InChI is InChI=1S/C13H15ClFNO2/c1-13(2,3)18-12(17)11-6-8-9(14)4-7(15)5-10(8)16-11/h4-5,11,16H,6H2,1-3H3. The zero-order valence-corrected chi connectivity index (χ0v) is 11.3. The van der Waals surface area contributed by atoms with Gasteiger partial charge in [-0.05, 0) is 38.5 Å². The molecule has 1 unspecified atom stereocenters. The summed E-state index contributed by atoms with van der Waals surface area (Å²) in [6.07, 6.45) is 0.420. The Morgan fingerprint density at radius 2 is 2.17 bits per heavy atom. The van der Waals surface area contributed by atoms with E-state index in [1.54, 1.807) is 20.8 Å². The van der Waals surface area contributed by atoms with Gasteiger partial charge in [0.05, 0.1) is 0 Å². The van der Waals surface area contributed by atoms with Crippen LogP contribution in [-0.4, -0.2) is 17.6 Å². The minimum atomic E-state index is -0.539. The van der Waals surface area contributed by atoms with Gasteiger partial charge in [0.2, 0.25) is 0 Å². The molecule has 0 aliphatic carbocycles. The van der Waals surface area contributed by atoms with E-state index in [-0.39, 0.29) is 5.97 Å². The number of rotatable bonds is 1. The third-order valence-electron chi connectivity index (χ3n) is 2.59. The van der Waals surface area contributed by atoms with Crippen LogP contribution < -0.4 is 5.32 Å². The molecule has 0 amide bonds. The highest BCUT2D eigenvalue weighted by Crippen LogP contribution is 2.33. The summed E-state index contributed by atoms with van der Waals surface area (Å²) in [6, 6.07) is 2.09. The second-order valence-electron chi connectivity index (χ2n) is 5.35. The maximum absolute atomic E-state index is 13.2. The summed E-state index contributed by atoms with van der Waals surface area (Å²) in [7, 11) is 0. The van der Waals surface area contributed by atoms with Crippen molar-refractivity contribution in [2.45, 2.75) is 38.8 Å². The van der Waals surface area contributed by atoms with Crippen LogP contribution in [0.3, 0.4) is 0 Å². The number of hydrogen-bond acceptors (Lipinski definition) is 3. The molecular weight excluding hydrogens is 257 g/mol. The second kappa shape index (κ2) is 4.43.